The van der Waals surface area contributed by atoms with Crippen molar-refractivity contribution in [1.29, 1.82) is 0 Å². The lowest BCUT2D eigenvalue weighted by Gasteiger charge is -2.09. The van der Waals surface area contributed by atoms with Crippen LogP contribution in [-0.2, 0) is 0 Å². The predicted octanol–water partition coefficient (Wildman–Crippen LogP) is 2.70. The summed E-state index contributed by atoms with van der Waals surface area (Å²) in [5.41, 5.74) is 6.64. The molecule has 100 valence electrons. The third-order valence-corrected chi connectivity index (χ3v) is 3.11. The van der Waals surface area contributed by atoms with Gasteiger partial charge in [-0.25, -0.2) is 9.37 Å². The van der Waals surface area contributed by atoms with E-state index in [0.717, 1.165) is 0 Å². The Morgan fingerprint density at radius 2 is 2.05 bits per heavy atom. The number of nitrogens with zero attached hydrogens (tertiary/aromatic N) is 4. The summed E-state index contributed by atoms with van der Waals surface area (Å²) in [6.45, 7) is 0. The van der Waals surface area contributed by atoms with Crippen molar-refractivity contribution in [3.8, 4) is 17.1 Å². The lowest BCUT2D eigenvalue weighted by atomic mass is 10.2. The molecule has 0 radical (unpaired) electrons. The number of benzene rings is 1. The van der Waals surface area contributed by atoms with Crippen LogP contribution in [0.4, 0.5) is 10.2 Å². The smallest absolute Gasteiger partial charge is 0.172 e. The van der Waals surface area contributed by atoms with E-state index in [1.165, 1.54) is 17.0 Å². The summed E-state index contributed by atoms with van der Waals surface area (Å²) in [4.78, 5) is 3.99. The van der Waals surface area contributed by atoms with Gasteiger partial charge in [-0.2, -0.15) is 0 Å². The fourth-order valence-electron chi connectivity index (χ4n) is 1.88. The molecule has 3 aromatic rings. The number of rotatable bonds is 2. The van der Waals surface area contributed by atoms with Crippen LogP contribution in [0.5, 0.6) is 0 Å². The van der Waals surface area contributed by atoms with Gasteiger partial charge < -0.3 is 5.73 Å². The fraction of sp³-hybridized carbons (Fsp3) is 0. The van der Waals surface area contributed by atoms with Crippen LogP contribution in [0.3, 0.4) is 0 Å². The first-order valence-electron chi connectivity index (χ1n) is 5.74. The first-order chi connectivity index (χ1) is 9.68. The summed E-state index contributed by atoms with van der Waals surface area (Å²) in [6.07, 6.45) is 2.97. The van der Waals surface area contributed by atoms with Gasteiger partial charge in [0.05, 0.1) is 16.3 Å². The van der Waals surface area contributed by atoms with Crippen LogP contribution >= 0.6 is 11.6 Å². The number of hydrogen-bond donors (Lipinski definition) is 1. The van der Waals surface area contributed by atoms with Gasteiger partial charge in [0.2, 0.25) is 0 Å². The van der Waals surface area contributed by atoms with Gasteiger partial charge in [-0.3, -0.25) is 4.57 Å². The van der Waals surface area contributed by atoms with Crippen molar-refractivity contribution in [1.82, 2.24) is 19.7 Å². The minimum Gasteiger partial charge on any atom is -0.383 e. The maximum Gasteiger partial charge on any atom is 0.172 e. The average Bonchev–Trinajstić information content (AvgIpc) is 2.91. The minimum atomic E-state index is -0.544. The summed E-state index contributed by atoms with van der Waals surface area (Å²) in [7, 11) is 0. The molecular formula is C13H9ClFN5. The van der Waals surface area contributed by atoms with E-state index in [9.17, 15) is 4.39 Å². The highest BCUT2D eigenvalue weighted by atomic mass is 35.5. The van der Waals surface area contributed by atoms with Gasteiger partial charge in [0.1, 0.15) is 12.1 Å². The summed E-state index contributed by atoms with van der Waals surface area (Å²) in [5, 5.41) is 7.81. The van der Waals surface area contributed by atoms with E-state index in [1.54, 1.807) is 30.5 Å². The Kier molecular flexibility index (Phi) is 3.08. The molecule has 0 amide bonds. The van der Waals surface area contributed by atoms with Crippen LogP contribution in [0.15, 0.2) is 42.9 Å². The van der Waals surface area contributed by atoms with E-state index >= 15 is 0 Å². The second kappa shape index (κ2) is 4.90. The Morgan fingerprint density at radius 3 is 2.85 bits per heavy atom. The standard InChI is InChI=1S/C13H9ClFN5/c14-9-4-1-5-10(11(9)15)20-7-18-19-13(20)8-3-2-6-17-12(8)16/h1-7H,(H2,16,17). The average molecular weight is 290 g/mol. The zero-order valence-electron chi connectivity index (χ0n) is 10.2. The highest BCUT2D eigenvalue weighted by molar-refractivity contribution is 6.30. The Hall–Kier alpha value is -2.47. The molecule has 2 N–H and O–H groups in total. The van der Waals surface area contributed by atoms with Crippen LogP contribution in [0.2, 0.25) is 5.02 Å². The van der Waals surface area contributed by atoms with E-state index in [4.69, 9.17) is 17.3 Å². The Labute approximate surface area is 118 Å². The van der Waals surface area contributed by atoms with Crippen molar-refractivity contribution in [2.24, 2.45) is 0 Å². The second-order valence-electron chi connectivity index (χ2n) is 4.03. The number of aromatic nitrogens is 4. The highest BCUT2D eigenvalue weighted by Crippen LogP contribution is 2.27. The SMILES string of the molecule is Nc1ncccc1-c1nncn1-c1cccc(Cl)c1F. The summed E-state index contributed by atoms with van der Waals surface area (Å²) < 4.78 is 15.6. The number of anilines is 1. The van der Waals surface area contributed by atoms with Gasteiger partial charge in [0, 0.05) is 6.20 Å². The van der Waals surface area contributed by atoms with Gasteiger partial charge in [0.15, 0.2) is 11.6 Å². The van der Waals surface area contributed by atoms with Crippen LogP contribution in [0, 0.1) is 5.82 Å². The predicted molar refractivity (Wildman–Crippen MR) is 74.0 cm³/mol. The molecule has 20 heavy (non-hydrogen) atoms. The third kappa shape index (κ3) is 2.00. The lowest BCUT2D eigenvalue weighted by molar-refractivity contribution is 0.619. The van der Waals surface area contributed by atoms with E-state index in [0.29, 0.717) is 17.2 Å². The quantitative estimate of drug-likeness (QED) is 0.787. The molecular weight excluding hydrogens is 281 g/mol. The molecule has 0 aliphatic heterocycles. The molecule has 2 aromatic heterocycles. The maximum atomic E-state index is 14.1. The van der Waals surface area contributed by atoms with Crippen molar-refractivity contribution in [2.75, 3.05) is 5.73 Å². The fourth-order valence-corrected chi connectivity index (χ4v) is 2.05. The maximum absolute atomic E-state index is 14.1. The Bertz CT molecular complexity index is 771. The molecule has 2 heterocycles. The number of pyridine rings is 1. The largest absolute Gasteiger partial charge is 0.383 e. The third-order valence-electron chi connectivity index (χ3n) is 2.82. The summed E-state index contributed by atoms with van der Waals surface area (Å²) >= 11 is 5.79. The number of nitrogens with two attached hydrogens (primary N) is 1. The van der Waals surface area contributed by atoms with E-state index < -0.39 is 5.82 Å². The molecule has 5 nitrogen and oxygen atoms in total. The van der Waals surface area contributed by atoms with E-state index in [-0.39, 0.29) is 10.7 Å². The van der Waals surface area contributed by atoms with Crippen molar-refractivity contribution >= 4 is 17.4 Å². The monoisotopic (exact) mass is 289 g/mol. The van der Waals surface area contributed by atoms with Crippen LogP contribution in [-0.4, -0.2) is 19.7 Å². The number of nitrogen functional groups attached to an aromatic ring is 1. The van der Waals surface area contributed by atoms with Crippen molar-refractivity contribution < 1.29 is 4.39 Å². The number of halogens is 2. The first-order valence-corrected chi connectivity index (χ1v) is 6.11. The molecule has 0 saturated heterocycles. The van der Waals surface area contributed by atoms with Crippen LogP contribution < -0.4 is 5.73 Å². The second-order valence-corrected chi connectivity index (χ2v) is 4.44. The molecule has 3 rings (SSSR count). The Morgan fingerprint density at radius 1 is 1.20 bits per heavy atom. The van der Waals surface area contributed by atoms with Crippen molar-refractivity contribution in [2.45, 2.75) is 0 Å². The molecule has 0 bridgehead atoms. The molecule has 0 spiro atoms. The first kappa shape index (κ1) is 12.6. The normalized spacial score (nSPS) is 10.7. The van der Waals surface area contributed by atoms with E-state index in [1.807, 2.05) is 0 Å². The molecule has 0 atom stereocenters. The highest BCUT2D eigenvalue weighted by Gasteiger charge is 2.16. The Balaban J connectivity index is 2.21. The molecule has 0 fully saturated rings. The lowest BCUT2D eigenvalue weighted by Crippen LogP contribution is -2.02. The van der Waals surface area contributed by atoms with Gasteiger partial charge in [-0.1, -0.05) is 17.7 Å². The minimum absolute atomic E-state index is 0.0290. The molecule has 0 aliphatic rings. The zero-order chi connectivity index (χ0) is 14.1. The van der Waals surface area contributed by atoms with Crippen molar-refractivity contribution in [3.63, 3.8) is 0 Å². The molecule has 7 heteroatoms. The van der Waals surface area contributed by atoms with Gasteiger partial charge >= 0.3 is 0 Å². The van der Waals surface area contributed by atoms with Gasteiger partial charge in [-0.05, 0) is 24.3 Å². The van der Waals surface area contributed by atoms with Crippen LogP contribution in [0.25, 0.3) is 17.1 Å². The van der Waals surface area contributed by atoms with Crippen molar-refractivity contribution in [3.05, 3.63) is 53.7 Å². The molecule has 0 aliphatic carbocycles. The summed E-state index contributed by atoms with van der Waals surface area (Å²) in [5.74, 6) is 0.152. The molecule has 0 saturated carbocycles. The zero-order valence-corrected chi connectivity index (χ0v) is 10.9. The van der Waals surface area contributed by atoms with Gasteiger partial charge in [-0.15, -0.1) is 10.2 Å². The van der Waals surface area contributed by atoms with Crippen LogP contribution in [0.1, 0.15) is 0 Å². The van der Waals surface area contributed by atoms with E-state index in [2.05, 4.69) is 15.2 Å². The molecule has 1 aromatic carbocycles. The van der Waals surface area contributed by atoms with Gasteiger partial charge in [0.25, 0.3) is 0 Å². The molecule has 0 unspecified atom stereocenters. The number of hydrogen-bond acceptors (Lipinski definition) is 4. The summed E-state index contributed by atoms with van der Waals surface area (Å²) in [6, 6.07) is 8.17. The topological polar surface area (TPSA) is 69.6 Å².